The zero-order chi connectivity index (χ0) is 12.6. The zero-order valence-electron chi connectivity index (χ0n) is 11.4. The second-order valence-electron chi connectivity index (χ2n) is 5.59. The molecule has 0 amide bonds. The summed E-state index contributed by atoms with van der Waals surface area (Å²) >= 11 is 0. The lowest BCUT2D eigenvalue weighted by Crippen LogP contribution is -2.07. The molecule has 0 aromatic carbocycles. The van der Waals surface area contributed by atoms with E-state index in [1.165, 1.54) is 44.9 Å². The zero-order valence-corrected chi connectivity index (χ0v) is 11.4. The third-order valence-corrected chi connectivity index (χ3v) is 3.95. The molecule has 2 aliphatic rings. The van der Waals surface area contributed by atoms with E-state index < -0.39 is 0 Å². The smallest absolute Gasteiger partial charge is 0.305 e. The summed E-state index contributed by atoms with van der Waals surface area (Å²) in [5.41, 5.74) is 0. The van der Waals surface area contributed by atoms with Crippen LogP contribution in [0.1, 0.15) is 70.6 Å². The fourth-order valence-electron chi connectivity index (χ4n) is 2.73. The van der Waals surface area contributed by atoms with Crippen LogP contribution in [0.2, 0.25) is 0 Å². The van der Waals surface area contributed by atoms with Crippen LogP contribution in [-0.4, -0.2) is 24.8 Å². The van der Waals surface area contributed by atoms with E-state index in [0.29, 0.717) is 25.2 Å². The molecule has 0 bridgehead atoms. The van der Waals surface area contributed by atoms with Crippen LogP contribution in [-0.2, 0) is 14.3 Å². The molecule has 18 heavy (non-hydrogen) atoms. The predicted molar refractivity (Wildman–Crippen MR) is 70.4 cm³/mol. The summed E-state index contributed by atoms with van der Waals surface area (Å²) in [6.45, 7) is 0.575. The number of hydrogen-bond donors (Lipinski definition) is 0. The number of rotatable bonds is 0. The van der Waals surface area contributed by atoms with Crippen LogP contribution in [0.3, 0.4) is 0 Å². The van der Waals surface area contributed by atoms with E-state index in [4.69, 9.17) is 9.47 Å². The molecule has 0 N–H and O–H groups in total. The maximum absolute atomic E-state index is 11.4. The Bertz CT molecular complexity index is 252. The Morgan fingerprint density at radius 3 is 2.17 bits per heavy atom. The molecule has 2 atom stereocenters. The Hall–Kier alpha value is -0.570. The average molecular weight is 254 g/mol. The van der Waals surface area contributed by atoms with Crippen LogP contribution in [0.15, 0.2) is 0 Å². The van der Waals surface area contributed by atoms with Crippen molar-refractivity contribution in [1.82, 2.24) is 0 Å². The number of esters is 1. The van der Waals surface area contributed by atoms with Crippen molar-refractivity contribution in [2.75, 3.05) is 6.61 Å². The van der Waals surface area contributed by atoms with Crippen LogP contribution in [0.25, 0.3) is 0 Å². The second kappa shape index (κ2) is 7.78. The van der Waals surface area contributed by atoms with Crippen molar-refractivity contribution in [2.24, 2.45) is 0 Å². The van der Waals surface area contributed by atoms with Crippen molar-refractivity contribution in [2.45, 2.75) is 82.8 Å². The van der Waals surface area contributed by atoms with Crippen molar-refractivity contribution < 1.29 is 14.3 Å². The quantitative estimate of drug-likeness (QED) is 0.489. The van der Waals surface area contributed by atoms with E-state index in [-0.39, 0.29) is 5.97 Å². The van der Waals surface area contributed by atoms with Gasteiger partial charge < -0.3 is 9.47 Å². The minimum absolute atomic E-state index is 0.0182. The summed E-state index contributed by atoms with van der Waals surface area (Å²) in [5.74, 6) is -0.0182. The van der Waals surface area contributed by atoms with E-state index in [0.717, 1.165) is 19.3 Å². The number of epoxide rings is 1. The summed E-state index contributed by atoms with van der Waals surface area (Å²) in [6, 6.07) is 0. The lowest BCUT2D eigenvalue weighted by atomic mass is 10.0. The van der Waals surface area contributed by atoms with Crippen LogP contribution in [0.5, 0.6) is 0 Å². The van der Waals surface area contributed by atoms with E-state index in [1.807, 2.05) is 0 Å². The summed E-state index contributed by atoms with van der Waals surface area (Å²) in [6.07, 6.45) is 13.5. The molecule has 0 radical (unpaired) electrons. The van der Waals surface area contributed by atoms with Gasteiger partial charge in [0.2, 0.25) is 0 Å². The topological polar surface area (TPSA) is 38.8 Å². The lowest BCUT2D eigenvalue weighted by Gasteiger charge is -2.05. The Balaban J connectivity index is 1.64. The van der Waals surface area contributed by atoms with Crippen molar-refractivity contribution >= 4 is 5.97 Å². The van der Waals surface area contributed by atoms with Crippen molar-refractivity contribution in [3.8, 4) is 0 Å². The molecule has 3 heteroatoms. The molecule has 2 fully saturated rings. The number of cyclic esters (lactones) is 1. The normalized spacial score (nSPS) is 32.3. The van der Waals surface area contributed by atoms with Crippen LogP contribution >= 0.6 is 0 Å². The number of carbonyl (C=O) groups excluding carboxylic acids is 1. The molecule has 104 valence electrons. The summed E-state index contributed by atoms with van der Waals surface area (Å²) < 4.78 is 10.8. The van der Waals surface area contributed by atoms with Crippen molar-refractivity contribution in [3.63, 3.8) is 0 Å². The minimum atomic E-state index is -0.0182. The first-order valence-corrected chi connectivity index (χ1v) is 7.67. The van der Waals surface area contributed by atoms with Crippen molar-refractivity contribution in [3.05, 3.63) is 0 Å². The van der Waals surface area contributed by atoms with Gasteiger partial charge in [-0.25, -0.2) is 0 Å². The maximum Gasteiger partial charge on any atom is 0.305 e. The van der Waals surface area contributed by atoms with Crippen molar-refractivity contribution in [1.29, 1.82) is 0 Å². The van der Waals surface area contributed by atoms with Crippen LogP contribution in [0.4, 0.5) is 0 Å². The predicted octanol–water partition coefficient (Wildman–Crippen LogP) is 3.60. The van der Waals surface area contributed by atoms with Gasteiger partial charge in [-0.2, -0.15) is 0 Å². The van der Waals surface area contributed by atoms with Gasteiger partial charge in [0.15, 0.2) is 0 Å². The minimum Gasteiger partial charge on any atom is -0.466 e. The van der Waals surface area contributed by atoms with E-state index in [2.05, 4.69) is 0 Å². The molecule has 2 heterocycles. The fraction of sp³-hybridized carbons (Fsp3) is 0.933. The first-order chi connectivity index (χ1) is 8.86. The Kier molecular flexibility index (Phi) is 5.98. The van der Waals surface area contributed by atoms with Gasteiger partial charge in [-0.1, -0.05) is 38.5 Å². The first-order valence-electron chi connectivity index (χ1n) is 7.67. The van der Waals surface area contributed by atoms with E-state index >= 15 is 0 Å². The summed E-state index contributed by atoms with van der Waals surface area (Å²) in [4.78, 5) is 11.4. The Morgan fingerprint density at radius 1 is 0.778 bits per heavy atom. The molecule has 3 nitrogen and oxygen atoms in total. The van der Waals surface area contributed by atoms with Gasteiger partial charge in [-0.05, 0) is 25.7 Å². The molecule has 0 aromatic heterocycles. The second-order valence-corrected chi connectivity index (χ2v) is 5.59. The molecule has 2 saturated heterocycles. The largest absolute Gasteiger partial charge is 0.466 e. The van der Waals surface area contributed by atoms with Gasteiger partial charge in [0.25, 0.3) is 0 Å². The number of ether oxygens (including phenoxy) is 2. The van der Waals surface area contributed by atoms with E-state index in [9.17, 15) is 4.79 Å². The molecule has 2 aliphatic heterocycles. The fourth-order valence-corrected chi connectivity index (χ4v) is 2.73. The first kappa shape index (κ1) is 13.9. The number of carbonyl (C=O) groups is 1. The molecule has 0 spiro atoms. The number of hydrogen-bond acceptors (Lipinski definition) is 3. The highest BCUT2D eigenvalue weighted by atomic mass is 16.6. The van der Waals surface area contributed by atoms with Crippen LogP contribution in [0, 0.1) is 0 Å². The van der Waals surface area contributed by atoms with Gasteiger partial charge >= 0.3 is 5.97 Å². The maximum atomic E-state index is 11.4. The summed E-state index contributed by atoms with van der Waals surface area (Å²) in [5, 5.41) is 0. The molecule has 2 rings (SSSR count). The SMILES string of the molecule is O=C1CCCCCCCCCC2O[C@H]2CCCO1. The highest BCUT2D eigenvalue weighted by Crippen LogP contribution is 2.31. The molecular formula is C15H26O3. The molecular weight excluding hydrogens is 228 g/mol. The van der Waals surface area contributed by atoms with Gasteiger partial charge in [0, 0.05) is 6.42 Å². The third-order valence-electron chi connectivity index (χ3n) is 3.95. The highest BCUT2D eigenvalue weighted by molar-refractivity contribution is 5.69. The van der Waals surface area contributed by atoms with E-state index in [1.54, 1.807) is 0 Å². The monoisotopic (exact) mass is 254 g/mol. The Morgan fingerprint density at radius 2 is 1.39 bits per heavy atom. The van der Waals surface area contributed by atoms with Gasteiger partial charge in [0.1, 0.15) is 0 Å². The molecule has 0 aromatic rings. The van der Waals surface area contributed by atoms with Gasteiger partial charge in [-0.3, -0.25) is 4.79 Å². The molecule has 1 unspecified atom stereocenters. The average Bonchev–Trinajstić information content (AvgIpc) is 3.10. The molecule has 0 aliphatic carbocycles. The number of fused-ring (bicyclic) bond motifs is 1. The standard InChI is InChI=1S/C15H26O3/c16-15-11-7-5-3-1-2-4-6-9-13-14(18-13)10-8-12-17-15/h13-14H,1-12H2/t13?,14-/m0/s1. The van der Waals surface area contributed by atoms with Crippen LogP contribution < -0.4 is 0 Å². The molecule has 0 saturated carbocycles. The van der Waals surface area contributed by atoms with Gasteiger partial charge in [-0.15, -0.1) is 0 Å². The lowest BCUT2D eigenvalue weighted by molar-refractivity contribution is -0.143. The summed E-state index contributed by atoms with van der Waals surface area (Å²) in [7, 11) is 0. The van der Waals surface area contributed by atoms with Gasteiger partial charge in [0.05, 0.1) is 18.8 Å². The third kappa shape index (κ3) is 5.38. The highest BCUT2D eigenvalue weighted by Gasteiger charge is 2.36. The Labute approximate surface area is 110 Å².